The van der Waals surface area contributed by atoms with E-state index in [2.05, 4.69) is 12.2 Å². The van der Waals surface area contributed by atoms with E-state index in [0.717, 1.165) is 16.9 Å². The normalized spacial score (nSPS) is 13.7. The largest absolute Gasteiger partial charge is 0.508 e. The predicted octanol–water partition coefficient (Wildman–Crippen LogP) is 3.52. The predicted molar refractivity (Wildman–Crippen MR) is 82.7 cm³/mol. The lowest BCUT2D eigenvalue weighted by Crippen LogP contribution is -2.22. The van der Waals surface area contributed by atoms with Crippen LogP contribution in [0.5, 0.6) is 17.2 Å². The van der Waals surface area contributed by atoms with Gasteiger partial charge in [-0.3, -0.25) is 0 Å². The van der Waals surface area contributed by atoms with Gasteiger partial charge < -0.3 is 20.3 Å². The fourth-order valence-corrected chi connectivity index (χ4v) is 2.37. The van der Waals surface area contributed by atoms with Crippen LogP contribution in [0.15, 0.2) is 42.5 Å². The molecule has 112 valence electrons. The van der Waals surface area contributed by atoms with Crippen LogP contribution < -0.4 is 10.1 Å². The molecule has 0 aliphatic carbocycles. The van der Waals surface area contributed by atoms with Gasteiger partial charge in [0, 0.05) is 23.7 Å². The smallest absolute Gasteiger partial charge is 0.124 e. The highest BCUT2D eigenvalue weighted by molar-refractivity contribution is 5.40. The van der Waals surface area contributed by atoms with Crippen molar-refractivity contribution in [2.75, 3.05) is 7.11 Å². The van der Waals surface area contributed by atoms with E-state index in [1.807, 2.05) is 31.2 Å². The molecule has 2 atom stereocenters. The van der Waals surface area contributed by atoms with Gasteiger partial charge in [-0.15, -0.1) is 0 Å². The van der Waals surface area contributed by atoms with E-state index < -0.39 is 0 Å². The molecule has 0 radical (unpaired) electrons. The van der Waals surface area contributed by atoms with Crippen LogP contribution in [0.4, 0.5) is 0 Å². The van der Waals surface area contributed by atoms with Gasteiger partial charge in [-0.2, -0.15) is 0 Å². The summed E-state index contributed by atoms with van der Waals surface area (Å²) in [4.78, 5) is 0. The third kappa shape index (κ3) is 3.67. The Morgan fingerprint density at radius 1 is 1.00 bits per heavy atom. The monoisotopic (exact) mass is 287 g/mol. The van der Waals surface area contributed by atoms with Crippen molar-refractivity contribution in [2.24, 2.45) is 0 Å². The lowest BCUT2D eigenvalue weighted by molar-refractivity contribution is 0.411. The molecule has 4 heteroatoms. The minimum atomic E-state index is -0.0493. The van der Waals surface area contributed by atoms with Gasteiger partial charge in [0.25, 0.3) is 0 Å². The van der Waals surface area contributed by atoms with Crippen LogP contribution in [0.3, 0.4) is 0 Å². The van der Waals surface area contributed by atoms with Crippen LogP contribution in [0.25, 0.3) is 0 Å². The Balaban J connectivity index is 2.12. The summed E-state index contributed by atoms with van der Waals surface area (Å²) in [6.07, 6.45) is 0. The molecule has 1 unspecified atom stereocenters. The minimum absolute atomic E-state index is 0.0493. The first-order valence-electron chi connectivity index (χ1n) is 6.93. The van der Waals surface area contributed by atoms with Crippen molar-refractivity contribution in [3.05, 3.63) is 53.6 Å². The van der Waals surface area contributed by atoms with Gasteiger partial charge in [-0.25, -0.2) is 0 Å². The van der Waals surface area contributed by atoms with Gasteiger partial charge in [0.2, 0.25) is 0 Å². The van der Waals surface area contributed by atoms with E-state index in [1.54, 1.807) is 19.2 Å². The highest BCUT2D eigenvalue weighted by Gasteiger charge is 2.15. The van der Waals surface area contributed by atoms with Crippen molar-refractivity contribution in [1.82, 2.24) is 5.32 Å². The Kier molecular flexibility index (Phi) is 4.70. The quantitative estimate of drug-likeness (QED) is 0.787. The number of nitrogens with one attached hydrogen (secondary N) is 1. The maximum Gasteiger partial charge on any atom is 0.124 e. The molecule has 0 saturated carbocycles. The van der Waals surface area contributed by atoms with E-state index in [1.165, 1.54) is 6.07 Å². The Morgan fingerprint density at radius 2 is 1.76 bits per heavy atom. The van der Waals surface area contributed by atoms with Crippen LogP contribution >= 0.6 is 0 Å². The average molecular weight is 287 g/mol. The molecule has 0 fully saturated rings. The van der Waals surface area contributed by atoms with Crippen LogP contribution in [-0.2, 0) is 0 Å². The topological polar surface area (TPSA) is 61.7 Å². The number of phenols is 2. The Hall–Kier alpha value is -2.20. The van der Waals surface area contributed by atoms with Crippen LogP contribution in [0.2, 0.25) is 0 Å². The van der Waals surface area contributed by atoms with E-state index >= 15 is 0 Å². The third-order valence-electron chi connectivity index (χ3n) is 3.57. The number of benzene rings is 2. The molecular formula is C17H21NO3. The first-order chi connectivity index (χ1) is 10.0. The van der Waals surface area contributed by atoms with Crippen LogP contribution in [0, 0.1) is 0 Å². The lowest BCUT2D eigenvalue weighted by atomic mass is 10.0. The second-order valence-electron chi connectivity index (χ2n) is 5.13. The maximum atomic E-state index is 9.91. The molecule has 0 saturated heterocycles. The van der Waals surface area contributed by atoms with Crippen molar-refractivity contribution in [1.29, 1.82) is 0 Å². The summed E-state index contributed by atoms with van der Waals surface area (Å²) in [5, 5.41) is 22.7. The lowest BCUT2D eigenvalue weighted by Gasteiger charge is -2.22. The number of ether oxygens (including phenoxy) is 1. The van der Waals surface area contributed by atoms with E-state index in [9.17, 15) is 10.2 Å². The molecule has 2 aromatic rings. The van der Waals surface area contributed by atoms with E-state index in [4.69, 9.17) is 4.74 Å². The number of aromatic hydroxyl groups is 2. The molecule has 21 heavy (non-hydrogen) atoms. The van der Waals surface area contributed by atoms with Crippen molar-refractivity contribution in [3.8, 4) is 17.2 Å². The molecule has 3 N–H and O–H groups in total. The molecule has 2 rings (SSSR count). The molecule has 4 nitrogen and oxygen atoms in total. The molecule has 0 aliphatic heterocycles. The number of methoxy groups -OCH3 is 1. The van der Waals surface area contributed by atoms with E-state index in [-0.39, 0.29) is 23.6 Å². The average Bonchev–Trinajstić information content (AvgIpc) is 2.47. The molecule has 0 amide bonds. The highest BCUT2D eigenvalue weighted by atomic mass is 16.5. The van der Waals surface area contributed by atoms with Crippen LogP contribution in [-0.4, -0.2) is 17.3 Å². The third-order valence-corrected chi connectivity index (χ3v) is 3.57. The Labute approximate surface area is 125 Å². The Bertz CT molecular complexity index is 613. The van der Waals surface area contributed by atoms with Gasteiger partial charge in [0.1, 0.15) is 17.2 Å². The molecule has 2 aromatic carbocycles. The van der Waals surface area contributed by atoms with Gasteiger partial charge in [0.05, 0.1) is 7.11 Å². The summed E-state index contributed by atoms with van der Waals surface area (Å²) in [6, 6.07) is 12.6. The van der Waals surface area contributed by atoms with Gasteiger partial charge in [-0.1, -0.05) is 18.2 Å². The summed E-state index contributed by atoms with van der Waals surface area (Å²) in [5.74, 6) is 0.971. The molecular weight excluding hydrogens is 266 g/mol. The van der Waals surface area contributed by atoms with Crippen molar-refractivity contribution in [2.45, 2.75) is 25.9 Å². The highest BCUT2D eigenvalue weighted by Crippen LogP contribution is 2.29. The summed E-state index contributed by atoms with van der Waals surface area (Å²) in [5.41, 5.74) is 1.86. The Morgan fingerprint density at radius 3 is 2.43 bits per heavy atom. The fraction of sp³-hybridized carbons (Fsp3) is 0.294. The van der Waals surface area contributed by atoms with Gasteiger partial charge in [0.15, 0.2) is 0 Å². The number of rotatable bonds is 5. The molecule has 0 heterocycles. The summed E-state index contributed by atoms with van der Waals surface area (Å²) >= 11 is 0. The van der Waals surface area contributed by atoms with Crippen molar-refractivity contribution in [3.63, 3.8) is 0 Å². The minimum Gasteiger partial charge on any atom is -0.508 e. The second-order valence-corrected chi connectivity index (χ2v) is 5.13. The summed E-state index contributed by atoms with van der Waals surface area (Å²) < 4.78 is 5.23. The SMILES string of the molecule is COc1cccc([C@H](C)NC(C)c2ccc(O)cc2O)c1. The zero-order valence-electron chi connectivity index (χ0n) is 12.5. The van der Waals surface area contributed by atoms with Gasteiger partial charge >= 0.3 is 0 Å². The van der Waals surface area contributed by atoms with Gasteiger partial charge in [-0.05, 0) is 37.6 Å². The molecule has 0 spiro atoms. The van der Waals surface area contributed by atoms with Crippen LogP contribution in [0.1, 0.15) is 37.1 Å². The van der Waals surface area contributed by atoms with Crippen molar-refractivity contribution < 1.29 is 14.9 Å². The zero-order chi connectivity index (χ0) is 15.4. The summed E-state index contributed by atoms with van der Waals surface area (Å²) in [7, 11) is 1.65. The number of hydrogen-bond acceptors (Lipinski definition) is 4. The zero-order valence-corrected chi connectivity index (χ0v) is 12.5. The molecule has 0 aromatic heterocycles. The number of phenolic OH excluding ortho intramolecular Hbond substituents is 2. The van der Waals surface area contributed by atoms with Crippen molar-refractivity contribution >= 4 is 0 Å². The molecule has 0 bridgehead atoms. The molecule has 0 aliphatic rings. The number of hydrogen-bond donors (Lipinski definition) is 3. The summed E-state index contributed by atoms with van der Waals surface area (Å²) in [6.45, 7) is 4.03. The first kappa shape index (κ1) is 15.2. The van der Waals surface area contributed by atoms with E-state index in [0.29, 0.717) is 0 Å². The second kappa shape index (κ2) is 6.50. The standard InChI is InChI=1S/C17H21NO3/c1-11(13-5-4-6-15(9-13)21-3)18-12(2)16-8-7-14(19)10-17(16)20/h4-12,18-20H,1-3H3/t11-,12?/m0/s1. The fourth-order valence-electron chi connectivity index (χ4n) is 2.37. The maximum absolute atomic E-state index is 9.91. The first-order valence-corrected chi connectivity index (χ1v) is 6.93.